The summed E-state index contributed by atoms with van der Waals surface area (Å²) >= 11 is 1.56. The Morgan fingerprint density at radius 1 is 1.59 bits per heavy atom. The summed E-state index contributed by atoms with van der Waals surface area (Å²) in [5.74, 6) is 0.383. The van der Waals surface area contributed by atoms with Crippen molar-refractivity contribution in [1.29, 1.82) is 0 Å². The molecular weight excluding hydrogens is 238 g/mol. The Morgan fingerprint density at radius 3 is 3.00 bits per heavy atom. The van der Waals surface area contributed by atoms with Gasteiger partial charge in [-0.1, -0.05) is 0 Å². The number of H-pyrrole nitrogens is 1. The second kappa shape index (κ2) is 4.54. The van der Waals surface area contributed by atoms with Crippen molar-refractivity contribution in [2.24, 2.45) is 0 Å². The average Bonchev–Trinajstić information content (AvgIpc) is 2.72. The predicted octanol–water partition coefficient (Wildman–Crippen LogP) is 1.29. The van der Waals surface area contributed by atoms with Gasteiger partial charge in [0.15, 0.2) is 5.82 Å². The quantitative estimate of drug-likeness (QED) is 0.763. The van der Waals surface area contributed by atoms with E-state index in [0.717, 1.165) is 10.7 Å². The molecule has 17 heavy (non-hydrogen) atoms. The minimum absolute atomic E-state index is 0.0368. The molecule has 0 aliphatic carbocycles. The van der Waals surface area contributed by atoms with Crippen LogP contribution in [0.1, 0.15) is 23.7 Å². The van der Waals surface area contributed by atoms with Gasteiger partial charge in [-0.2, -0.15) is 0 Å². The van der Waals surface area contributed by atoms with E-state index >= 15 is 0 Å². The molecule has 6 nitrogen and oxygen atoms in total. The van der Waals surface area contributed by atoms with Crippen LogP contribution in [0.4, 0.5) is 11.5 Å². The third-order valence-corrected chi connectivity index (χ3v) is 3.39. The zero-order chi connectivity index (χ0) is 12.4. The number of nitrogens with zero attached hydrogens (tertiary/aromatic N) is 2. The lowest BCUT2D eigenvalue weighted by Gasteiger charge is -2.12. The molecule has 90 valence electrons. The van der Waals surface area contributed by atoms with Crippen molar-refractivity contribution in [1.82, 2.24) is 15.0 Å². The highest BCUT2D eigenvalue weighted by Gasteiger charge is 2.12. The molecule has 4 N–H and O–H groups in total. The molecule has 2 aromatic heterocycles. The van der Waals surface area contributed by atoms with E-state index in [1.807, 2.05) is 19.2 Å². The monoisotopic (exact) mass is 251 g/mol. The molecule has 0 amide bonds. The van der Waals surface area contributed by atoms with Gasteiger partial charge >= 0.3 is 0 Å². The second-order valence-corrected chi connectivity index (χ2v) is 4.58. The van der Waals surface area contributed by atoms with E-state index in [1.165, 1.54) is 6.33 Å². The van der Waals surface area contributed by atoms with Crippen molar-refractivity contribution in [3.63, 3.8) is 0 Å². The summed E-state index contributed by atoms with van der Waals surface area (Å²) in [5, 5.41) is 5.98. The van der Waals surface area contributed by atoms with E-state index in [9.17, 15) is 4.79 Å². The maximum Gasteiger partial charge on any atom is 0.276 e. The van der Waals surface area contributed by atoms with Crippen LogP contribution in [-0.4, -0.2) is 15.0 Å². The summed E-state index contributed by atoms with van der Waals surface area (Å²) in [7, 11) is 0. The second-order valence-electron chi connectivity index (χ2n) is 3.69. The van der Waals surface area contributed by atoms with Crippen molar-refractivity contribution < 1.29 is 0 Å². The van der Waals surface area contributed by atoms with Gasteiger partial charge in [-0.05, 0) is 13.8 Å². The minimum atomic E-state index is -0.343. The first-order valence-electron chi connectivity index (χ1n) is 5.09. The van der Waals surface area contributed by atoms with Crippen LogP contribution >= 0.6 is 11.3 Å². The number of rotatable bonds is 3. The lowest BCUT2D eigenvalue weighted by Crippen LogP contribution is -2.17. The summed E-state index contributed by atoms with van der Waals surface area (Å²) < 4.78 is 0. The molecule has 2 heterocycles. The van der Waals surface area contributed by atoms with Crippen molar-refractivity contribution in [3.8, 4) is 0 Å². The minimum Gasteiger partial charge on any atom is -0.391 e. The van der Waals surface area contributed by atoms with Gasteiger partial charge in [0, 0.05) is 11.1 Å². The molecule has 0 saturated heterocycles. The standard InChI is InChI=1S/C10H13N5OS/c1-5-3-17-10(14-5)6(2)15-8-7(11)9(16)13-4-12-8/h3-4,6H,11H2,1-2H3,(H2,12,13,15,16). The number of thiazole rings is 1. The van der Waals surface area contributed by atoms with Crippen LogP contribution in [0.5, 0.6) is 0 Å². The van der Waals surface area contributed by atoms with Crippen molar-refractivity contribution in [2.45, 2.75) is 19.9 Å². The lowest BCUT2D eigenvalue weighted by molar-refractivity contribution is 0.853. The number of aryl methyl sites for hydroxylation is 1. The molecule has 7 heteroatoms. The first-order valence-corrected chi connectivity index (χ1v) is 5.97. The number of hydrogen-bond acceptors (Lipinski definition) is 6. The number of hydrogen-bond donors (Lipinski definition) is 3. The molecular formula is C10H13N5OS. The van der Waals surface area contributed by atoms with Gasteiger partial charge < -0.3 is 16.0 Å². The van der Waals surface area contributed by atoms with Crippen LogP contribution in [0.15, 0.2) is 16.5 Å². The fraction of sp³-hybridized carbons (Fsp3) is 0.300. The van der Waals surface area contributed by atoms with Gasteiger partial charge in [0.25, 0.3) is 5.56 Å². The summed E-state index contributed by atoms with van der Waals surface area (Å²) in [5.41, 5.74) is 6.35. The molecule has 0 fully saturated rings. The predicted molar refractivity (Wildman–Crippen MR) is 68.2 cm³/mol. The molecule has 0 aromatic carbocycles. The molecule has 0 bridgehead atoms. The van der Waals surface area contributed by atoms with E-state index in [4.69, 9.17) is 5.73 Å². The molecule has 0 aliphatic rings. The van der Waals surface area contributed by atoms with Crippen LogP contribution in [0.2, 0.25) is 0 Å². The van der Waals surface area contributed by atoms with E-state index in [2.05, 4.69) is 20.3 Å². The number of aromatic amines is 1. The largest absolute Gasteiger partial charge is 0.391 e. The van der Waals surface area contributed by atoms with Gasteiger partial charge in [0.05, 0.1) is 12.4 Å². The number of nitrogens with two attached hydrogens (primary N) is 1. The lowest BCUT2D eigenvalue weighted by atomic mass is 10.3. The highest BCUT2D eigenvalue weighted by molar-refractivity contribution is 7.09. The number of nitrogens with one attached hydrogen (secondary N) is 2. The summed E-state index contributed by atoms with van der Waals surface area (Å²) in [4.78, 5) is 22.1. The van der Waals surface area contributed by atoms with Gasteiger partial charge in [-0.25, -0.2) is 9.97 Å². The maximum absolute atomic E-state index is 11.3. The van der Waals surface area contributed by atoms with E-state index in [1.54, 1.807) is 11.3 Å². The third-order valence-electron chi connectivity index (χ3n) is 2.25. The number of aromatic nitrogens is 3. The molecule has 2 rings (SSSR count). The van der Waals surface area contributed by atoms with Crippen LogP contribution in [0.25, 0.3) is 0 Å². The van der Waals surface area contributed by atoms with Crippen LogP contribution in [0.3, 0.4) is 0 Å². The molecule has 1 atom stereocenters. The maximum atomic E-state index is 11.3. The smallest absolute Gasteiger partial charge is 0.276 e. The fourth-order valence-corrected chi connectivity index (χ4v) is 2.17. The molecule has 0 spiro atoms. The van der Waals surface area contributed by atoms with E-state index in [0.29, 0.717) is 5.82 Å². The third kappa shape index (κ3) is 2.44. The van der Waals surface area contributed by atoms with E-state index in [-0.39, 0.29) is 17.3 Å². The first kappa shape index (κ1) is 11.6. The number of nitrogen functional groups attached to an aromatic ring is 1. The molecule has 0 radical (unpaired) electrons. The van der Waals surface area contributed by atoms with Crippen LogP contribution in [0, 0.1) is 6.92 Å². The fourth-order valence-electron chi connectivity index (χ4n) is 1.36. The van der Waals surface area contributed by atoms with Gasteiger partial charge in [-0.15, -0.1) is 11.3 Å². The van der Waals surface area contributed by atoms with E-state index < -0.39 is 0 Å². The van der Waals surface area contributed by atoms with Gasteiger partial charge in [0.1, 0.15) is 10.7 Å². The molecule has 2 aromatic rings. The van der Waals surface area contributed by atoms with Crippen molar-refractivity contribution >= 4 is 22.8 Å². The highest BCUT2D eigenvalue weighted by atomic mass is 32.1. The zero-order valence-corrected chi connectivity index (χ0v) is 10.3. The average molecular weight is 251 g/mol. The summed E-state index contributed by atoms with van der Waals surface area (Å²) in [6, 6.07) is -0.0368. The Balaban J connectivity index is 2.21. The van der Waals surface area contributed by atoms with Crippen molar-refractivity contribution in [3.05, 3.63) is 32.8 Å². The van der Waals surface area contributed by atoms with Gasteiger partial charge in [-0.3, -0.25) is 4.79 Å². The Morgan fingerprint density at radius 2 is 2.35 bits per heavy atom. The Labute approximate surface area is 102 Å². The summed E-state index contributed by atoms with van der Waals surface area (Å²) in [6.45, 7) is 3.88. The first-order chi connectivity index (χ1) is 8.08. The number of anilines is 2. The van der Waals surface area contributed by atoms with Gasteiger partial charge in [0.2, 0.25) is 0 Å². The topological polar surface area (TPSA) is 96.7 Å². The Bertz CT molecular complexity index is 576. The Kier molecular flexibility index (Phi) is 3.10. The normalized spacial score (nSPS) is 12.4. The summed E-state index contributed by atoms with van der Waals surface area (Å²) in [6.07, 6.45) is 1.32. The zero-order valence-electron chi connectivity index (χ0n) is 9.52. The van der Waals surface area contributed by atoms with Crippen LogP contribution in [-0.2, 0) is 0 Å². The Hall–Kier alpha value is -1.89. The van der Waals surface area contributed by atoms with Crippen LogP contribution < -0.4 is 16.6 Å². The molecule has 0 saturated carbocycles. The SMILES string of the molecule is Cc1csc(C(C)Nc2nc[nH]c(=O)c2N)n1. The molecule has 0 aliphatic heterocycles. The van der Waals surface area contributed by atoms with Crippen molar-refractivity contribution in [2.75, 3.05) is 11.1 Å². The molecule has 1 unspecified atom stereocenters. The highest BCUT2D eigenvalue weighted by Crippen LogP contribution is 2.22.